The molecule has 106 valence electrons. The molecule has 0 aliphatic heterocycles. The van der Waals surface area contributed by atoms with E-state index in [0.29, 0.717) is 6.04 Å². The zero-order chi connectivity index (χ0) is 13.9. The van der Waals surface area contributed by atoms with Gasteiger partial charge < -0.3 is 5.32 Å². The van der Waals surface area contributed by atoms with Crippen molar-refractivity contribution < 1.29 is 9.59 Å². The molecule has 0 aromatic heterocycles. The Hall–Kier alpha value is -1.88. The highest BCUT2D eigenvalue weighted by atomic mass is 16.2. The average Bonchev–Trinajstić information content (AvgIpc) is 3.33. The standard InChI is InChI=1S/C15H19N3O2/c19-14(11-6-7-11)18-17-13(10-4-2-1-3-5-10)15(20)16-12-8-9-12/h1-5,11-13,17H,6-9H2,(H,16,20)(H,18,19)/t13-/m0/s1. The van der Waals surface area contributed by atoms with Gasteiger partial charge in [-0.05, 0) is 31.2 Å². The van der Waals surface area contributed by atoms with Crippen molar-refractivity contribution in [3.63, 3.8) is 0 Å². The van der Waals surface area contributed by atoms with Crippen LogP contribution in [0.4, 0.5) is 0 Å². The third-order valence-corrected chi connectivity index (χ3v) is 3.61. The van der Waals surface area contributed by atoms with Crippen LogP contribution in [0.1, 0.15) is 37.3 Å². The number of hydrogen-bond donors (Lipinski definition) is 3. The molecule has 2 saturated carbocycles. The van der Waals surface area contributed by atoms with E-state index in [2.05, 4.69) is 16.2 Å². The Kier molecular flexibility index (Phi) is 3.69. The van der Waals surface area contributed by atoms with Gasteiger partial charge in [0.25, 0.3) is 0 Å². The average molecular weight is 273 g/mol. The number of hydrazine groups is 1. The van der Waals surface area contributed by atoms with Gasteiger partial charge in [0.05, 0.1) is 0 Å². The Balaban J connectivity index is 1.65. The first-order valence-corrected chi connectivity index (χ1v) is 7.15. The van der Waals surface area contributed by atoms with E-state index in [0.717, 1.165) is 31.2 Å². The maximum Gasteiger partial charge on any atom is 0.243 e. The topological polar surface area (TPSA) is 70.2 Å². The molecule has 2 aliphatic carbocycles. The number of carbonyl (C=O) groups is 2. The summed E-state index contributed by atoms with van der Waals surface area (Å²) in [6.45, 7) is 0. The van der Waals surface area contributed by atoms with Gasteiger partial charge in [-0.1, -0.05) is 30.3 Å². The Bertz CT molecular complexity index is 495. The second kappa shape index (κ2) is 5.63. The fourth-order valence-corrected chi connectivity index (χ4v) is 2.05. The van der Waals surface area contributed by atoms with Gasteiger partial charge in [-0.15, -0.1) is 0 Å². The highest BCUT2D eigenvalue weighted by molar-refractivity contribution is 5.85. The van der Waals surface area contributed by atoms with Crippen LogP contribution in [-0.2, 0) is 9.59 Å². The minimum atomic E-state index is -0.542. The van der Waals surface area contributed by atoms with E-state index < -0.39 is 6.04 Å². The molecule has 5 nitrogen and oxygen atoms in total. The molecular weight excluding hydrogens is 254 g/mol. The summed E-state index contributed by atoms with van der Waals surface area (Å²) in [7, 11) is 0. The van der Waals surface area contributed by atoms with Gasteiger partial charge in [0, 0.05) is 12.0 Å². The molecule has 0 spiro atoms. The van der Waals surface area contributed by atoms with Gasteiger partial charge >= 0.3 is 0 Å². The predicted octanol–water partition coefficient (Wildman–Crippen LogP) is 1.04. The lowest BCUT2D eigenvalue weighted by Crippen LogP contribution is -2.47. The minimum absolute atomic E-state index is 0.0230. The van der Waals surface area contributed by atoms with Crippen LogP contribution >= 0.6 is 0 Å². The molecule has 1 atom stereocenters. The highest BCUT2D eigenvalue weighted by Crippen LogP contribution is 2.28. The number of benzene rings is 1. The van der Waals surface area contributed by atoms with Crippen molar-refractivity contribution in [1.82, 2.24) is 16.2 Å². The first kappa shape index (κ1) is 13.1. The van der Waals surface area contributed by atoms with Gasteiger partial charge in [0.1, 0.15) is 6.04 Å². The van der Waals surface area contributed by atoms with Crippen molar-refractivity contribution in [2.75, 3.05) is 0 Å². The van der Waals surface area contributed by atoms with Crippen LogP contribution in [0.2, 0.25) is 0 Å². The van der Waals surface area contributed by atoms with Crippen molar-refractivity contribution in [3.05, 3.63) is 35.9 Å². The van der Waals surface area contributed by atoms with Crippen LogP contribution in [0, 0.1) is 5.92 Å². The van der Waals surface area contributed by atoms with Crippen molar-refractivity contribution in [1.29, 1.82) is 0 Å². The molecule has 0 saturated heterocycles. The Morgan fingerprint density at radius 3 is 2.35 bits per heavy atom. The minimum Gasteiger partial charge on any atom is -0.352 e. The lowest BCUT2D eigenvalue weighted by atomic mass is 10.1. The van der Waals surface area contributed by atoms with E-state index in [1.54, 1.807) is 0 Å². The number of carbonyl (C=O) groups excluding carboxylic acids is 2. The Labute approximate surface area is 118 Å². The summed E-state index contributed by atoms with van der Waals surface area (Å²) in [4.78, 5) is 24.0. The molecule has 2 aliphatic rings. The van der Waals surface area contributed by atoms with Crippen LogP contribution in [-0.4, -0.2) is 17.9 Å². The molecule has 1 aromatic rings. The van der Waals surface area contributed by atoms with Crippen LogP contribution in [0.5, 0.6) is 0 Å². The van der Waals surface area contributed by atoms with E-state index in [4.69, 9.17) is 0 Å². The molecule has 0 unspecified atom stereocenters. The first-order chi connectivity index (χ1) is 9.74. The van der Waals surface area contributed by atoms with Crippen molar-refractivity contribution >= 4 is 11.8 Å². The molecule has 0 bridgehead atoms. The highest BCUT2D eigenvalue weighted by Gasteiger charge is 2.32. The van der Waals surface area contributed by atoms with E-state index in [-0.39, 0.29) is 17.7 Å². The van der Waals surface area contributed by atoms with Gasteiger partial charge in [-0.3, -0.25) is 15.0 Å². The molecule has 2 fully saturated rings. The molecule has 3 N–H and O–H groups in total. The van der Waals surface area contributed by atoms with Gasteiger partial charge in [0.15, 0.2) is 0 Å². The van der Waals surface area contributed by atoms with Crippen LogP contribution < -0.4 is 16.2 Å². The number of amides is 2. The van der Waals surface area contributed by atoms with Crippen LogP contribution in [0.3, 0.4) is 0 Å². The van der Waals surface area contributed by atoms with E-state index in [1.165, 1.54) is 0 Å². The molecule has 3 rings (SSSR count). The summed E-state index contributed by atoms with van der Waals surface area (Å²) in [6, 6.07) is 9.20. The van der Waals surface area contributed by atoms with Crippen molar-refractivity contribution in [2.45, 2.75) is 37.8 Å². The fourth-order valence-electron chi connectivity index (χ4n) is 2.05. The molecule has 0 heterocycles. The lowest BCUT2D eigenvalue weighted by Gasteiger charge is -2.19. The molecule has 5 heteroatoms. The smallest absolute Gasteiger partial charge is 0.243 e. The summed E-state index contributed by atoms with van der Waals surface area (Å²) >= 11 is 0. The number of rotatable bonds is 6. The Morgan fingerprint density at radius 2 is 1.75 bits per heavy atom. The summed E-state index contributed by atoms with van der Waals surface area (Å²) in [5.41, 5.74) is 6.40. The second-order valence-electron chi connectivity index (χ2n) is 5.53. The van der Waals surface area contributed by atoms with E-state index in [9.17, 15) is 9.59 Å². The summed E-state index contributed by atoms with van der Waals surface area (Å²) in [6.07, 6.45) is 3.97. The van der Waals surface area contributed by atoms with Crippen molar-refractivity contribution in [2.24, 2.45) is 5.92 Å². The van der Waals surface area contributed by atoms with Gasteiger partial charge in [-0.2, -0.15) is 0 Å². The van der Waals surface area contributed by atoms with E-state index in [1.807, 2.05) is 30.3 Å². The summed E-state index contributed by atoms with van der Waals surface area (Å²) in [5, 5.41) is 2.97. The zero-order valence-corrected chi connectivity index (χ0v) is 11.3. The third kappa shape index (κ3) is 3.36. The maximum absolute atomic E-state index is 12.3. The first-order valence-electron chi connectivity index (χ1n) is 7.15. The largest absolute Gasteiger partial charge is 0.352 e. The number of nitrogens with one attached hydrogen (secondary N) is 3. The van der Waals surface area contributed by atoms with Crippen molar-refractivity contribution in [3.8, 4) is 0 Å². The molecule has 1 aromatic carbocycles. The number of hydrogen-bond acceptors (Lipinski definition) is 3. The monoisotopic (exact) mass is 273 g/mol. The fraction of sp³-hybridized carbons (Fsp3) is 0.467. The molecular formula is C15H19N3O2. The van der Waals surface area contributed by atoms with Crippen LogP contribution in [0.25, 0.3) is 0 Å². The molecule has 2 amide bonds. The summed E-state index contributed by atoms with van der Waals surface area (Å²) in [5.74, 6) is 0.00497. The summed E-state index contributed by atoms with van der Waals surface area (Å²) < 4.78 is 0. The van der Waals surface area contributed by atoms with Crippen LogP contribution in [0.15, 0.2) is 30.3 Å². The second-order valence-corrected chi connectivity index (χ2v) is 5.53. The Morgan fingerprint density at radius 1 is 1.05 bits per heavy atom. The predicted molar refractivity (Wildman–Crippen MR) is 74.4 cm³/mol. The van der Waals surface area contributed by atoms with E-state index >= 15 is 0 Å². The molecule has 20 heavy (non-hydrogen) atoms. The van der Waals surface area contributed by atoms with Gasteiger partial charge in [-0.25, -0.2) is 5.43 Å². The third-order valence-electron chi connectivity index (χ3n) is 3.61. The molecule has 0 radical (unpaired) electrons. The van der Waals surface area contributed by atoms with Gasteiger partial charge in [0.2, 0.25) is 11.8 Å². The maximum atomic E-state index is 12.3. The normalized spacial score (nSPS) is 19.2. The lowest BCUT2D eigenvalue weighted by molar-refractivity contribution is -0.126. The SMILES string of the molecule is O=C(NN[C@H](C(=O)NC1CC1)c1ccccc1)C1CC1. The zero-order valence-electron chi connectivity index (χ0n) is 11.3. The quantitative estimate of drug-likeness (QED) is 0.678.